The Labute approximate surface area is 132 Å². The van der Waals surface area contributed by atoms with Crippen molar-refractivity contribution in [3.05, 3.63) is 29.8 Å². The van der Waals surface area contributed by atoms with Crippen LogP contribution in [0.25, 0.3) is 10.8 Å². The van der Waals surface area contributed by atoms with Crippen LogP contribution in [0, 0.1) is 0 Å². The average molecular weight is 316 g/mol. The van der Waals surface area contributed by atoms with Crippen molar-refractivity contribution in [3.8, 4) is 17.2 Å². The molecule has 1 heterocycles. The quantitative estimate of drug-likeness (QED) is 0.482. The van der Waals surface area contributed by atoms with Crippen molar-refractivity contribution in [2.75, 3.05) is 0 Å². The lowest BCUT2D eigenvalue weighted by molar-refractivity contribution is -0.250. The van der Waals surface area contributed by atoms with E-state index in [0.717, 1.165) is 0 Å². The summed E-state index contributed by atoms with van der Waals surface area (Å²) in [7, 11) is 0. The molecule has 0 aromatic heterocycles. The maximum Gasteiger partial charge on any atom is 0.308 e. The summed E-state index contributed by atoms with van der Waals surface area (Å²) in [6.07, 6.45) is 0.250. The van der Waals surface area contributed by atoms with Gasteiger partial charge in [-0.2, -0.15) is 4.89 Å². The van der Waals surface area contributed by atoms with Crippen LogP contribution in [0.1, 0.15) is 26.3 Å². The van der Waals surface area contributed by atoms with E-state index >= 15 is 0 Å². The fourth-order valence-corrected chi connectivity index (χ4v) is 2.63. The molecule has 1 unspecified atom stereocenters. The molecule has 0 spiro atoms. The molecular formula is C17H16O6. The van der Waals surface area contributed by atoms with Crippen LogP contribution < -0.4 is 14.4 Å². The topological polar surface area (TPSA) is 71.1 Å². The minimum atomic E-state index is -0.472. The molecule has 6 nitrogen and oxygen atoms in total. The number of carbonyl (C=O) groups is 2. The SMILES string of the molecule is CC(=O)Oc1c2c(c(OC(C)=O)c3ccccc13)OOC(C)C2. The van der Waals surface area contributed by atoms with Crippen LogP contribution >= 0.6 is 0 Å². The van der Waals surface area contributed by atoms with Crippen LogP contribution in [0.2, 0.25) is 0 Å². The first-order chi connectivity index (χ1) is 11.0. The Kier molecular flexibility index (Phi) is 3.92. The zero-order valence-corrected chi connectivity index (χ0v) is 13.0. The van der Waals surface area contributed by atoms with E-state index in [2.05, 4.69) is 0 Å². The lowest BCUT2D eigenvalue weighted by atomic mass is 9.98. The number of benzene rings is 2. The summed E-state index contributed by atoms with van der Waals surface area (Å²) in [6.45, 7) is 4.49. The minimum Gasteiger partial charge on any atom is -0.426 e. The van der Waals surface area contributed by atoms with Crippen molar-refractivity contribution in [2.24, 2.45) is 0 Å². The molecule has 0 radical (unpaired) electrons. The van der Waals surface area contributed by atoms with Crippen LogP contribution in [0.15, 0.2) is 24.3 Å². The van der Waals surface area contributed by atoms with E-state index in [9.17, 15) is 9.59 Å². The van der Waals surface area contributed by atoms with E-state index in [1.54, 1.807) is 18.2 Å². The molecular weight excluding hydrogens is 300 g/mol. The summed E-state index contributed by atoms with van der Waals surface area (Å²) < 4.78 is 10.8. The first-order valence-corrected chi connectivity index (χ1v) is 7.25. The van der Waals surface area contributed by atoms with Crippen LogP contribution in [-0.4, -0.2) is 18.0 Å². The lowest BCUT2D eigenvalue weighted by Gasteiger charge is -2.26. The van der Waals surface area contributed by atoms with Gasteiger partial charge in [0.05, 0.1) is 0 Å². The standard InChI is InChI=1S/C17H16O6/c1-9-8-14-15(20-10(2)18)12-6-4-5-7-13(12)16(21-11(3)19)17(14)23-22-9/h4-7,9H,8H2,1-3H3. The second-order valence-corrected chi connectivity index (χ2v) is 5.39. The summed E-state index contributed by atoms with van der Waals surface area (Å²) in [5, 5.41) is 1.28. The molecule has 1 atom stereocenters. The molecule has 1 aliphatic heterocycles. The molecule has 120 valence electrons. The molecule has 3 rings (SSSR count). The molecule has 23 heavy (non-hydrogen) atoms. The van der Waals surface area contributed by atoms with Crippen LogP contribution in [0.5, 0.6) is 17.2 Å². The first kappa shape index (κ1) is 15.3. The maximum absolute atomic E-state index is 11.5. The van der Waals surface area contributed by atoms with E-state index in [4.69, 9.17) is 19.2 Å². The smallest absolute Gasteiger partial charge is 0.308 e. The third-order valence-electron chi connectivity index (χ3n) is 3.45. The Morgan fingerprint density at radius 3 is 2.22 bits per heavy atom. The summed E-state index contributed by atoms with van der Waals surface area (Å²) in [4.78, 5) is 33.5. The molecule has 0 amide bonds. The van der Waals surface area contributed by atoms with Gasteiger partial charge >= 0.3 is 11.9 Å². The summed E-state index contributed by atoms with van der Waals surface area (Å²) in [5.74, 6) is 0.0462. The predicted molar refractivity (Wildman–Crippen MR) is 81.4 cm³/mol. The number of fused-ring (bicyclic) bond motifs is 2. The van der Waals surface area contributed by atoms with Gasteiger partial charge in [0.1, 0.15) is 11.9 Å². The van der Waals surface area contributed by atoms with Crippen molar-refractivity contribution < 1.29 is 28.8 Å². The van der Waals surface area contributed by atoms with Crippen molar-refractivity contribution in [1.29, 1.82) is 0 Å². The molecule has 0 aliphatic carbocycles. The average Bonchev–Trinajstić information content (AvgIpc) is 2.49. The Morgan fingerprint density at radius 2 is 1.61 bits per heavy atom. The van der Waals surface area contributed by atoms with Crippen molar-refractivity contribution in [1.82, 2.24) is 0 Å². The zero-order valence-electron chi connectivity index (χ0n) is 13.0. The first-order valence-electron chi connectivity index (χ1n) is 7.25. The number of carbonyl (C=O) groups excluding carboxylic acids is 2. The highest BCUT2D eigenvalue weighted by Gasteiger charge is 2.30. The van der Waals surface area contributed by atoms with Gasteiger partial charge in [0.2, 0.25) is 5.75 Å². The highest BCUT2D eigenvalue weighted by molar-refractivity contribution is 5.99. The lowest BCUT2D eigenvalue weighted by Crippen LogP contribution is -2.22. The molecule has 1 aliphatic rings. The monoisotopic (exact) mass is 316 g/mol. The number of esters is 2. The van der Waals surface area contributed by atoms with Gasteiger partial charge in [0.25, 0.3) is 0 Å². The third kappa shape index (κ3) is 2.85. The van der Waals surface area contributed by atoms with Gasteiger partial charge in [-0.1, -0.05) is 24.3 Å². The number of hydrogen-bond donors (Lipinski definition) is 0. The number of rotatable bonds is 2. The third-order valence-corrected chi connectivity index (χ3v) is 3.45. The second-order valence-electron chi connectivity index (χ2n) is 5.39. The Morgan fingerprint density at radius 1 is 1.04 bits per heavy atom. The van der Waals surface area contributed by atoms with Crippen molar-refractivity contribution in [3.63, 3.8) is 0 Å². The Balaban J connectivity index is 2.34. The van der Waals surface area contributed by atoms with Crippen LogP contribution in [0.4, 0.5) is 0 Å². The maximum atomic E-state index is 11.5. The van der Waals surface area contributed by atoms with Gasteiger partial charge in [-0.25, -0.2) is 0 Å². The fourth-order valence-electron chi connectivity index (χ4n) is 2.63. The van der Waals surface area contributed by atoms with Crippen LogP contribution in [0.3, 0.4) is 0 Å². The van der Waals surface area contributed by atoms with Gasteiger partial charge in [0.15, 0.2) is 5.75 Å². The normalized spacial score (nSPS) is 16.4. The van der Waals surface area contributed by atoms with E-state index in [1.165, 1.54) is 13.8 Å². The van der Waals surface area contributed by atoms with Gasteiger partial charge in [-0.15, -0.1) is 0 Å². The molecule has 0 saturated heterocycles. The van der Waals surface area contributed by atoms with Crippen LogP contribution in [-0.2, 0) is 20.9 Å². The van der Waals surface area contributed by atoms with Gasteiger partial charge < -0.3 is 14.4 Å². The summed E-state index contributed by atoms with van der Waals surface area (Å²) >= 11 is 0. The molecule has 2 aromatic carbocycles. The highest BCUT2D eigenvalue weighted by atomic mass is 17.2. The Hall–Kier alpha value is -2.60. The summed E-state index contributed by atoms with van der Waals surface area (Å²) in [5.41, 5.74) is 0.647. The fraction of sp³-hybridized carbons (Fsp3) is 0.294. The van der Waals surface area contributed by atoms with E-state index in [0.29, 0.717) is 28.5 Å². The molecule has 0 bridgehead atoms. The highest BCUT2D eigenvalue weighted by Crippen LogP contribution is 2.48. The largest absolute Gasteiger partial charge is 0.426 e. The number of hydrogen-bond acceptors (Lipinski definition) is 6. The minimum absolute atomic E-state index is 0.219. The molecule has 6 heteroatoms. The second kappa shape index (κ2) is 5.89. The zero-order chi connectivity index (χ0) is 16.6. The molecule has 0 saturated carbocycles. The number of ether oxygens (including phenoxy) is 2. The van der Waals surface area contributed by atoms with Crippen molar-refractivity contribution >= 4 is 22.7 Å². The molecule has 0 N–H and O–H groups in total. The molecule has 2 aromatic rings. The van der Waals surface area contributed by atoms with E-state index < -0.39 is 11.9 Å². The predicted octanol–water partition coefficient (Wildman–Crippen LogP) is 2.95. The van der Waals surface area contributed by atoms with Gasteiger partial charge in [0, 0.05) is 36.6 Å². The van der Waals surface area contributed by atoms with Gasteiger partial charge in [-0.3, -0.25) is 9.59 Å². The molecule has 0 fully saturated rings. The van der Waals surface area contributed by atoms with Crippen molar-refractivity contribution in [2.45, 2.75) is 33.3 Å². The Bertz CT molecular complexity index is 795. The summed E-state index contributed by atoms with van der Waals surface area (Å²) in [6, 6.07) is 7.19. The van der Waals surface area contributed by atoms with E-state index in [-0.39, 0.29) is 17.6 Å². The van der Waals surface area contributed by atoms with Gasteiger partial charge in [-0.05, 0) is 6.92 Å². The van der Waals surface area contributed by atoms with E-state index in [1.807, 2.05) is 13.0 Å².